The minimum atomic E-state index is -0.743. The van der Waals surface area contributed by atoms with Crippen LogP contribution in [-0.4, -0.2) is 53.1 Å². The molecule has 5 nitrogen and oxygen atoms in total. The van der Waals surface area contributed by atoms with Gasteiger partial charge in [0.25, 0.3) is 0 Å². The van der Waals surface area contributed by atoms with Crippen molar-refractivity contribution in [1.29, 1.82) is 0 Å². The minimum absolute atomic E-state index is 0.103. The number of carboxylic acid groups (broad SMARTS) is 1. The van der Waals surface area contributed by atoms with E-state index >= 15 is 0 Å². The number of amides is 2. The van der Waals surface area contributed by atoms with E-state index in [4.69, 9.17) is 0 Å². The van der Waals surface area contributed by atoms with Crippen LogP contribution < -0.4 is 0 Å². The van der Waals surface area contributed by atoms with Crippen molar-refractivity contribution in [2.24, 2.45) is 11.3 Å². The summed E-state index contributed by atoms with van der Waals surface area (Å²) in [6.07, 6.45) is 4.56. The summed E-state index contributed by atoms with van der Waals surface area (Å²) in [7, 11) is 0. The molecule has 0 aromatic carbocycles. The highest BCUT2D eigenvalue weighted by molar-refractivity contribution is 5.77. The van der Waals surface area contributed by atoms with Crippen LogP contribution in [0.5, 0.6) is 0 Å². The molecule has 2 fully saturated rings. The molecule has 20 heavy (non-hydrogen) atoms. The first-order chi connectivity index (χ1) is 9.46. The van der Waals surface area contributed by atoms with Crippen molar-refractivity contribution < 1.29 is 14.7 Å². The second kappa shape index (κ2) is 6.02. The van der Waals surface area contributed by atoms with Crippen LogP contribution in [-0.2, 0) is 4.79 Å². The van der Waals surface area contributed by atoms with Gasteiger partial charge in [0.15, 0.2) is 0 Å². The fraction of sp³-hybridized carbons (Fsp3) is 0.867. The van der Waals surface area contributed by atoms with Gasteiger partial charge in [-0.2, -0.15) is 0 Å². The van der Waals surface area contributed by atoms with Crippen LogP contribution in [0.4, 0.5) is 4.79 Å². The van der Waals surface area contributed by atoms with Crippen LogP contribution in [0.2, 0.25) is 0 Å². The van der Waals surface area contributed by atoms with Gasteiger partial charge in [0, 0.05) is 26.2 Å². The third-order valence-corrected chi connectivity index (χ3v) is 4.59. The summed E-state index contributed by atoms with van der Waals surface area (Å²) in [5.74, 6) is -0.0485. The summed E-state index contributed by atoms with van der Waals surface area (Å²) in [5, 5.41) is 9.23. The van der Waals surface area contributed by atoms with E-state index in [0.717, 1.165) is 19.5 Å². The quantitative estimate of drug-likeness (QED) is 0.842. The Morgan fingerprint density at radius 1 is 1.30 bits per heavy atom. The number of nitrogens with zero attached hydrogens (tertiary/aromatic N) is 2. The highest BCUT2D eigenvalue weighted by Gasteiger charge is 2.39. The van der Waals surface area contributed by atoms with Crippen LogP contribution in [0.1, 0.15) is 46.0 Å². The van der Waals surface area contributed by atoms with Gasteiger partial charge in [-0.05, 0) is 44.9 Å². The lowest BCUT2D eigenvalue weighted by Gasteiger charge is -2.39. The van der Waals surface area contributed by atoms with Crippen LogP contribution in [0.3, 0.4) is 0 Å². The Balaban J connectivity index is 1.90. The van der Waals surface area contributed by atoms with Crippen molar-refractivity contribution in [2.45, 2.75) is 46.0 Å². The summed E-state index contributed by atoms with van der Waals surface area (Å²) in [5.41, 5.74) is -0.664. The van der Waals surface area contributed by atoms with Gasteiger partial charge in [0.1, 0.15) is 0 Å². The molecule has 0 aromatic heterocycles. The van der Waals surface area contributed by atoms with E-state index in [2.05, 4.69) is 6.92 Å². The topological polar surface area (TPSA) is 60.9 Å². The van der Waals surface area contributed by atoms with E-state index in [1.54, 1.807) is 6.92 Å². The molecule has 2 rings (SSSR count). The molecule has 1 saturated heterocycles. The fourth-order valence-corrected chi connectivity index (χ4v) is 2.75. The van der Waals surface area contributed by atoms with Gasteiger partial charge in [0.05, 0.1) is 5.41 Å². The molecule has 5 heteroatoms. The summed E-state index contributed by atoms with van der Waals surface area (Å²) in [6.45, 7) is 6.68. The molecule has 1 N–H and O–H groups in total. The molecule has 0 radical (unpaired) electrons. The molecule has 0 spiro atoms. The average Bonchev–Trinajstić information content (AvgIpc) is 3.22. The third-order valence-electron chi connectivity index (χ3n) is 4.59. The molecule has 1 aliphatic carbocycles. The predicted molar refractivity (Wildman–Crippen MR) is 76.5 cm³/mol. The Bertz CT molecular complexity index is 371. The number of hydrogen-bond donors (Lipinski definition) is 1. The Kier molecular flexibility index (Phi) is 4.55. The smallest absolute Gasteiger partial charge is 0.320 e. The predicted octanol–water partition coefficient (Wildman–Crippen LogP) is 2.42. The maximum absolute atomic E-state index is 12.5. The van der Waals surface area contributed by atoms with Crippen molar-refractivity contribution in [2.75, 3.05) is 26.2 Å². The summed E-state index contributed by atoms with van der Waals surface area (Å²) >= 11 is 0. The van der Waals surface area contributed by atoms with E-state index < -0.39 is 11.4 Å². The van der Waals surface area contributed by atoms with Crippen molar-refractivity contribution in [3.8, 4) is 0 Å². The van der Waals surface area contributed by atoms with E-state index in [9.17, 15) is 14.7 Å². The SMILES string of the molecule is CCCN(CC1CC1)C(=O)N1CCC(C)(C(=O)O)CC1. The lowest BCUT2D eigenvalue weighted by Crippen LogP contribution is -2.50. The lowest BCUT2D eigenvalue weighted by molar-refractivity contribution is -0.150. The molecule has 2 aliphatic rings. The normalized spacial score (nSPS) is 21.6. The minimum Gasteiger partial charge on any atom is -0.481 e. The summed E-state index contributed by atoms with van der Waals surface area (Å²) in [6, 6.07) is 0.103. The number of carbonyl (C=O) groups excluding carboxylic acids is 1. The monoisotopic (exact) mass is 282 g/mol. The third kappa shape index (κ3) is 3.44. The molecule has 0 aromatic rings. The zero-order valence-electron chi connectivity index (χ0n) is 12.6. The molecule has 1 saturated carbocycles. The van der Waals surface area contributed by atoms with E-state index in [0.29, 0.717) is 31.8 Å². The van der Waals surface area contributed by atoms with Crippen LogP contribution in [0.25, 0.3) is 0 Å². The van der Waals surface area contributed by atoms with E-state index in [1.807, 2.05) is 9.80 Å². The van der Waals surface area contributed by atoms with Crippen LogP contribution in [0.15, 0.2) is 0 Å². The molecule has 0 bridgehead atoms. The number of hydrogen-bond acceptors (Lipinski definition) is 2. The van der Waals surface area contributed by atoms with Gasteiger partial charge in [-0.25, -0.2) is 4.79 Å². The maximum atomic E-state index is 12.5. The Morgan fingerprint density at radius 2 is 1.90 bits per heavy atom. The Hall–Kier alpha value is -1.26. The van der Waals surface area contributed by atoms with Gasteiger partial charge in [-0.15, -0.1) is 0 Å². The van der Waals surface area contributed by atoms with Gasteiger partial charge in [0.2, 0.25) is 0 Å². The first-order valence-corrected chi connectivity index (χ1v) is 7.73. The molecular weight excluding hydrogens is 256 g/mol. The van der Waals surface area contributed by atoms with Gasteiger partial charge in [-0.1, -0.05) is 6.92 Å². The van der Waals surface area contributed by atoms with Crippen LogP contribution in [0, 0.1) is 11.3 Å². The number of aliphatic carboxylic acids is 1. The van der Waals surface area contributed by atoms with Crippen LogP contribution >= 0.6 is 0 Å². The Morgan fingerprint density at radius 3 is 2.35 bits per heavy atom. The van der Waals surface area contributed by atoms with Crippen molar-refractivity contribution in [3.63, 3.8) is 0 Å². The zero-order valence-corrected chi connectivity index (χ0v) is 12.6. The van der Waals surface area contributed by atoms with Gasteiger partial charge in [-0.3, -0.25) is 4.79 Å². The molecule has 0 unspecified atom stereocenters. The number of urea groups is 1. The number of rotatable bonds is 5. The highest BCUT2D eigenvalue weighted by Crippen LogP contribution is 2.33. The molecule has 2 amide bonds. The van der Waals surface area contributed by atoms with Crippen molar-refractivity contribution in [3.05, 3.63) is 0 Å². The lowest BCUT2D eigenvalue weighted by atomic mass is 9.80. The van der Waals surface area contributed by atoms with Gasteiger partial charge >= 0.3 is 12.0 Å². The molecule has 0 atom stereocenters. The second-order valence-corrected chi connectivity index (χ2v) is 6.52. The molecule has 114 valence electrons. The second-order valence-electron chi connectivity index (χ2n) is 6.52. The van der Waals surface area contributed by atoms with E-state index in [-0.39, 0.29) is 6.03 Å². The molecule has 1 heterocycles. The first kappa shape index (κ1) is 15.1. The average molecular weight is 282 g/mol. The maximum Gasteiger partial charge on any atom is 0.320 e. The van der Waals surface area contributed by atoms with Crippen molar-refractivity contribution in [1.82, 2.24) is 9.80 Å². The first-order valence-electron chi connectivity index (χ1n) is 7.73. The highest BCUT2D eigenvalue weighted by atomic mass is 16.4. The van der Waals surface area contributed by atoms with Gasteiger partial charge < -0.3 is 14.9 Å². The number of carbonyl (C=O) groups is 2. The fourth-order valence-electron chi connectivity index (χ4n) is 2.75. The standard InChI is InChI=1S/C15H26N2O3/c1-3-8-17(11-12-4-5-12)14(20)16-9-6-15(2,7-10-16)13(18)19/h12H,3-11H2,1-2H3,(H,18,19). The molecule has 1 aliphatic heterocycles. The van der Waals surface area contributed by atoms with E-state index in [1.165, 1.54) is 12.8 Å². The summed E-state index contributed by atoms with van der Waals surface area (Å²) in [4.78, 5) is 27.6. The van der Waals surface area contributed by atoms with Crippen molar-refractivity contribution >= 4 is 12.0 Å². The summed E-state index contributed by atoms with van der Waals surface area (Å²) < 4.78 is 0. The number of carboxylic acids is 1. The largest absolute Gasteiger partial charge is 0.481 e. The zero-order chi connectivity index (χ0) is 14.8. The number of likely N-dealkylation sites (tertiary alicyclic amines) is 1. The Labute approximate surface area is 120 Å². The number of piperidine rings is 1. The molecular formula is C15H26N2O3.